The molecule has 1 aliphatic rings. The van der Waals surface area contributed by atoms with Crippen molar-refractivity contribution in [3.63, 3.8) is 0 Å². The van der Waals surface area contributed by atoms with E-state index in [2.05, 4.69) is 15.4 Å². The maximum absolute atomic E-state index is 13.0. The number of H-pyrrole nitrogens is 1. The van der Waals surface area contributed by atoms with E-state index in [9.17, 15) is 18.0 Å². The molecule has 0 bridgehead atoms. The summed E-state index contributed by atoms with van der Waals surface area (Å²) in [5.74, 6) is -0.0713. The molecular weight excluding hydrogens is 410 g/mol. The average molecular weight is 431 g/mol. The summed E-state index contributed by atoms with van der Waals surface area (Å²) in [7, 11) is -2.07. The number of aromatic nitrogens is 3. The highest BCUT2D eigenvalue weighted by Crippen LogP contribution is 2.24. The topological polar surface area (TPSA) is 126 Å². The number of amides is 1. The number of nitrogens with one attached hydrogen (secondary N) is 2. The number of hydrogen-bond donors (Lipinski definition) is 2. The lowest BCUT2D eigenvalue weighted by Crippen LogP contribution is -2.40. The van der Waals surface area contributed by atoms with E-state index in [-0.39, 0.29) is 23.5 Å². The quantitative estimate of drug-likeness (QED) is 0.630. The fraction of sp³-hybridized carbons (Fsp3) is 0.316. The third-order valence-corrected chi connectivity index (χ3v) is 6.81. The Balaban J connectivity index is 1.77. The Morgan fingerprint density at radius 2 is 1.93 bits per heavy atom. The Hall–Kier alpha value is -3.02. The van der Waals surface area contributed by atoms with E-state index in [1.807, 2.05) is 0 Å². The first-order valence-corrected chi connectivity index (χ1v) is 10.8. The number of aryl methyl sites for hydroxylation is 2. The zero-order valence-electron chi connectivity index (χ0n) is 16.5. The number of hydrogen-bond acceptors (Lipinski definition) is 6. The van der Waals surface area contributed by atoms with E-state index in [1.165, 1.54) is 27.2 Å². The van der Waals surface area contributed by atoms with E-state index in [1.54, 1.807) is 20.0 Å². The molecule has 0 radical (unpaired) electrons. The van der Waals surface area contributed by atoms with Gasteiger partial charge >= 0.3 is 0 Å². The zero-order chi connectivity index (χ0) is 21.5. The van der Waals surface area contributed by atoms with Gasteiger partial charge in [0.15, 0.2) is 0 Å². The van der Waals surface area contributed by atoms with Crippen molar-refractivity contribution in [3.8, 4) is 0 Å². The fourth-order valence-electron chi connectivity index (χ4n) is 3.43. The predicted octanol–water partition coefficient (Wildman–Crippen LogP) is 0.843. The monoisotopic (exact) mass is 431 g/mol. The van der Waals surface area contributed by atoms with Gasteiger partial charge in [-0.1, -0.05) is 0 Å². The second-order valence-corrected chi connectivity index (χ2v) is 8.96. The van der Waals surface area contributed by atoms with Crippen LogP contribution in [-0.4, -0.2) is 59.7 Å². The molecule has 1 amide bonds. The molecular formula is C19H21N5O5S. The summed E-state index contributed by atoms with van der Waals surface area (Å²) >= 11 is 0. The lowest BCUT2D eigenvalue weighted by molar-refractivity contribution is 0.0730. The molecule has 3 heterocycles. The minimum atomic E-state index is -3.75. The first-order valence-electron chi connectivity index (χ1n) is 9.33. The summed E-state index contributed by atoms with van der Waals surface area (Å²) in [5.41, 5.74) is 0.710. The fourth-order valence-corrected chi connectivity index (χ4v) is 4.86. The number of benzene rings is 1. The summed E-state index contributed by atoms with van der Waals surface area (Å²) in [6.45, 7) is 2.98. The van der Waals surface area contributed by atoms with Crippen LogP contribution in [0, 0.1) is 6.92 Å². The number of carbonyl (C=O) groups excluding carboxylic acids is 1. The maximum atomic E-state index is 13.0. The molecule has 4 rings (SSSR count). The summed E-state index contributed by atoms with van der Waals surface area (Å²) in [4.78, 5) is 27.7. The Kier molecular flexibility index (Phi) is 5.18. The van der Waals surface area contributed by atoms with E-state index < -0.39 is 21.5 Å². The molecule has 1 aromatic carbocycles. The lowest BCUT2D eigenvalue weighted by atomic mass is 10.1. The van der Waals surface area contributed by atoms with Gasteiger partial charge in [-0.25, -0.2) is 8.42 Å². The van der Waals surface area contributed by atoms with Crippen LogP contribution in [0.4, 0.5) is 5.82 Å². The number of rotatable bonds is 4. The molecule has 30 heavy (non-hydrogen) atoms. The number of nitrogens with zero attached hydrogens (tertiary/aromatic N) is 3. The van der Waals surface area contributed by atoms with Crippen molar-refractivity contribution in [3.05, 3.63) is 51.9 Å². The van der Waals surface area contributed by atoms with Crippen LogP contribution < -0.4 is 10.9 Å². The van der Waals surface area contributed by atoms with E-state index in [4.69, 9.17) is 4.74 Å². The van der Waals surface area contributed by atoms with Gasteiger partial charge in [-0.05, 0) is 25.1 Å². The van der Waals surface area contributed by atoms with Crippen molar-refractivity contribution >= 4 is 32.7 Å². The van der Waals surface area contributed by atoms with Crippen LogP contribution >= 0.6 is 0 Å². The van der Waals surface area contributed by atoms with Crippen molar-refractivity contribution < 1.29 is 17.9 Å². The number of morpholine rings is 1. The molecule has 0 atom stereocenters. The van der Waals surface area contributed by atoms with Crippen LogP contribution in [0.5, 0.6) is 0 Å². The Bertz CT molecular complexity index is 1290. The molecule has 11 heteroatoms. The van der Waals surface area contributed by atoms with Gasteiger partial charge in [0.1, 0.15) is 5.82 Å². The Morgan fingerprint density at radius 1 is 1.20 bits per heavy atom. The van der Waals surface area contributed by atoms with E-state index in [0.29, 0.717) is 29.9 Å². The van der Waals surface area contributed by atoms with Gasteiger partial charge in [0.2, 0.25) is 15.6 Å². The van der Waals surface area contributed by atoms with Crippen molar-refractivity contribution in [1.29, 1.82) is 0 Å². The van der Waals surface area contributed by atoms with Crippen molar-refractivity contribution in [2.45, 2.75) is 11.8 Å². The zero-order valence-corrected chi connectivity index (χ0v) is 17.3. The number of ether oxygens (including phenoxy) is 1. The largest absolute Gasteiger partial charge is 0.379 e. The van der Waals surface area contributed by atoms with Crippen LogP contribution in [0.2, 0.25) is 0 Å². The Labute approximate surface area is 172 Å². The van der Waals surface area contributed by atoms with Crippen molar-refractivity contribution in [2.75, 3.05) is 31.6 Å². The minimum absolute atomic E-state index is 0.0503. The highest BCUT2D eigenvalue weighted by molar-refractivity contribution is 7.89. The van der Waals surface area contributed by atoms with Gasteiger partial charge in [-0.15, -0.1) is 0 Å². The van der Waals surface area contributed by atoms with Gasteiger partial charge in [0.25, 0.3) is 5.91 Å². The SMILES string of the molecule is Cc1cc(NC(=O)c2cc(=O)[nH]c3ccc(S(=O)(=O)N4CCOCC4)cc23)n(C)n1. The number of carbonyl (C=O) groups is 1. The highest BCUT2D eigenvalue weighted by atomic mass is 32.2. The molecule has 0 aliphatic carbocycles. The molecule has 3 aromatic rings. The minimum Gasteiger partial charge on any atom is -0.379 e. The average Bonchev–Trinajstić information content (AvgIpc) is 3.04. The molecule has 2 aromatic heterocycles. The molecule has 10 nitrogen and oxygen atoms in total. The highest BCUT2D eigenvalue weighted by Gasteiger charge is 2.27. The standard InChI is InChI=1S/C19H21N5O5S/c1-12-9-17(23(2)22-12)21-19(26)15-11-18(25)20-16-4-3-13(10-14(15)16)30(27,28)24-5-7-29-8-6-24/h3-4,9-11H,5-8H2,1-2H3,(H,20,25)(H,21,26). The summed E-state index contributed by atoms with van der Waals surface area (Å²) in [5, 5.41) is 7.23. The summed E-state index contributed by atoms with van der Waals surface area (Å²) < 4.78 is 34.1. The molecule has 0 unspecified atom stereocenters. The van der Waals surface area contributed by atoms with Crippen LogP contribution in [0.15, 0.2) is 40.0 Å². The van der Waals surface area contributed by atoms with Gasteiger partial charge in [-0.3, -0.25) is 14.3 Å². The molecule has 1 fully saturated rings. The molecule has 1 aliphatic heterocycles. The molecule has 0 saturated carbocycles. The molecule has 0 spiro atoms. The first-order chi connectivity index (χ1) is 14.3. The van der Waals surface area contributed by atoms with Gasteiger partial charge < -0.3 is 15.0 Å². The number of fused-ring (bicyclic) bond motifs is 1. The number of sulfonamides is 1. The third kappa shape index (κ3) is 3.74. The van der Waals surface area contributed by atoms with Crippen LogP contribution in [0.25, 0.3) is 10.9 Å². The predicted molar refractivity (Wildman–Crippen MR) is 110 cm³/mol. The number of anilines is 1. The van der Waals surface area contributed by atoms with Crippen molar-refractivity contribution in [1.82, 2.24) is 19.1 Å². The second-order valence-electron chi connectivity index (χ2n) is 7.02. The van der Waals surface area contributed by atoms with E-state index in [0.717, 1.165) is 11.8 Å². The second kappa shape index (κ2) is 7.67. The molecule has 1 saturated heterocycles. The number of pyridine rings is 1. The Morgan fingerprint density at radius 3 is 2.60 bits per heavy atom. The molecule has 2 N–H and O–H groups in total. The van der Waals surface area contributed by atoms with E-state index >= 15 is 0 Å². The smallest absolute Gasteiger partial charge is 0.257 e. The van der Waals surface area contributed by atoms with Gasteiger partial charge in [0.05, 0.1) is 29.4 Å². The van der Waals surface area contributed by atoms with Gasteiger partial charge in [-0.2, -0.15) is 9.40 Å². The first kappa shape index (κ1) is 20.3. The van der Waals surface area contributed by atoms with Crippen molar-refractivity contribution in [2.24, 2.45) is 7.05 Å². The maximum Gasteiger partial charge on any atom is 0.257 e. The van der Waals surface area contributed by atoms with Crippen LogP contribution in [0.3, 0.4) is 0 Å². The summed E-state index contributed by atoms with van der Waals surface area (Å²) in [6, 6.07) is 7.19. The molecule has 158 valence electrons. The summed E-state index contributed by atoms with van der Waals surface area (Å²) in [6.07, 6.45) is 0. The van der Waals surface area contributed by atoms with Crippen LogP contribution in [0.1, 0.15) is 16.1 Å². The van der Waals surface area contributed by atoms with Crippen LogP contribution in [-0.2, 0) is 21.8 Å². The number of aromatic amines is 1. The normalized spacial score (nSPS) is 15.4. The third-order valence-electron chi connectivity index (χ3n) is 4.91. The van der Waals surface area contributed by atoms with Gasteiger partial charge in [0, 0.05) is 43.2 Å². The lowest BCUT2D eigenvalue weighted by Gasteiger charge is -2.26.